The van der Waals surface area contributed by atoms with Gasteiger partial charge in [0.2, 0.25) is 11.8 Å². The van der Waals surface area contributed by atoms with Crippen molar-refractivity contribution in [2.24, 2.45) is 5.92 Å². The molecule has 2 unspecified atom stereocenters. The molecule has 2 fully saturated rings. The number of anilines is 1. The highest BCUT2D eigenvalue weighted by molar-refractivity contribution is 5.80. The van der Waals surface area contributed by atoms with Gasteiger partial charge in [-0.15, -0.1) is 0 Å². The van der Waals surface area contributed by atoms with E-state index in [2.05, 4.69) is 15.7 Å². The molecule has 0 bridgehead atoms. The number of nitriles is 1. The second-order valence-electron chi connectivity index (χ2n) is 8.27. The fourth-order valence-corrected chi connectivity index (χ4v) is 3.97. The maximum atomic E-state index is 13.2. The molecule has 3 rings (SSSR count). The molecule has 3 heterocycles. The number of rotatable bonds is 8. The number of hydrazine groups is 1. The first kappa shape index (κ1) is 25.7. The second kappa shape index (κ2) is 11.5. The van der Waals surface area contributed by atoms with Gasteiger partial charge in [-0.3, -0.25) is 15.0 Å². The molecule has 2 aliphatic rings. The van der Waals surface area contributed by atoms with E-state index in [-0.39, 0.29) is 32.1 Å². The van der Waals surface area contributed by atoms with Gasteiger partial charge in [-0.25, -0.2) is 10.4 Å². The average molecular weight is 483 g/mol. The van der Waals surface area contributed by atoms with Crippen LogP contribution in [0.25, 0.3) is 0 Å². The van der Waals surface area contributed by atoms with E-state index in [4.69, 9.17) is 10.00 Å². The van der Waals surface area contributed by atoms with Gasteiger partial charge in [0.1, 0.15) is 11.9 Å². The van der Waals surface area contributed by atoms with Gasteiger partial charge < -0.3 is 19.9 Å². The van der Waals surface area contributed by atoms with Crippen molar-refractivity contribution in [1.29, 1.82) is 5.26 Å². The van der Waals surface area contributed by atoms with Crippen molar-refractivity contribution >= 4 is 17.6 Å². The molecule has 13 heteroatoms. The molecule has 0 spiro atoms. The van der Waals surface area contributed by atoms with E-state index >= 15 is 0 Å². The number of hydrogen-bond donors (Lipinski definition) is 3. The van der Waals surface area contributed by atoms with Crippen LogP contribution in [0.3, 0.4) is 0 Å². The van der Waals surface area contributed by atoms with Crippen LogP contribution < -0.4 is 21.1 Å². The highest BCUT2D eigenvalue weighted by Crippen LogP contribution is 2.30. The summed E-state index contributed by atoms with van der Waals surface area (Å²) in [4.78, 5) is 32.1. The summed E-state index contributed by atoms with van der Waals surface area (Å²) in [7, 11) is 0. The van der Waals surface area contributed by atoms with Gasteiger partial charge in [-0.1, -0.05) is 0 Å². The molecule has 0 saturated carbocycles. The summed E-state index contributed by atoms with van der Waals surface area (Å²) in [6, 6.07) is 3.96. The number of carbonyl (C=O) groups excluding carboxylic acids is 2. The van der Waals surface area contributed by atoms with Crippen LogP contribution in [0.1, 0.15) is 18.9 Å². The number of amides is 2. The summed E-state index contributed by atoms with van der Waals surface area (Å²) in [5, 5.41) is 11.6. The van der Waals surface area contributed by atoms with Crippen molar-refractivity contribution in [3.8, 4) is 6.07 Å². The summed E-state index contributed by atoms with van der Waals surface area (Å²) >= 11 is 0. The number of piperazine rings is 1. The molecular formula is C21H28F3N7O3. The van der Waals surface area contributed by atoms with Crippen molar-refractivity contribution in [2.45, 2.75) is 31.6 Å². The fourth-order valence-electron chi connectivity index (χ4n) is 3.97. The lowest BCUT2D eigenvalue weighted by Gasteiger charge is -2.35. The predicted molar refractivity (Wildman–Crippen MR) is 115 cm³/mol. The summed E-state index contributed by atoms with van der Waals surface area (Å²) in [6.45, 7) is 4.16. The zero-order valence-electron chi connectivity index (χ0n) is 18.8. The van der Waals surface area contributed by atoms with Crippen LogP contribution in [-0.2, 0) is 14.3 Å². The van der Waals surface area contributed by atoms with Crippen LogP contribution in [0.2, 0.25) is 0 Å². The zero-order valence-corrected chi connectivity index (χ0v) is 18.8. The molecule has 186 valence electrons. The van der Waals surface area contributed by atoms with Crippen molar-refractivity contribution < 1.29 is 27.5 Å². The van der Waals surface area contributed by atoms with Crippen molar-refractivity contribution in [2.75, 3.05) is 50.8 Å². The van der Waals surface area contributed by atoms with Gasteiger partial charge in [0.05, 0.1) is 25.2 Å². The molecule has 1 aromatic rings. The van der Waals surface area contributed by atoms with Crippen molar-refractivity contribution in [1.82, 2.24) is 26.1 Å². The van der Waals surface area contributed by atoms with Gasteiger partial charge >= 0.3 is 6.18 Å². The predicted octanol–water partition coefficient (Wildman–Crippen LogP) is 0.168. The Morgan fingerprint density at radius 3 is 2.71 bits per heavy atom. The topological polar surface area (TPSA) is 123 Å². The first-order chi connectivity index (χ1) is 16.2. The standard InChI is InChI=1S/C21H28F3N7O3/c1-14(28-16-12-27-29-20(33)19(16)21(22,23)24)13-34-9-4-18(32)31-7-5-30(6-8-31)17-3-2-15(10-25)11-26-17/h2-3,11,14,16,19,27-28H,4-9,12-13H2,1H3,(H,29,33)/t14-,16?,19?/m1/s1. The monoisotopic (exact) mass is 483 g/mol. The highest BCUT2D eigenvalue weighted by atomic mass is 19.4. The number of nitrogens with zero attached hydrogens (tertiary/aromatic N) is 4. The number of carbonyl (C=O) groups is 2. The molecule has 3 atom stereocenters. The average Bonchev–Trinajstić information content (AvgIpc) is 2.81. The zero-order chi connectivity index (χ0) is 24.7. The first-order valence-electron chi connectivity index (χ1n) is 11.0. The van der Waals surface area contributed by atoms with E-state index < -0.39 is 30.1 Å². The van der Waals surface area contributed by atoms with Crippen LogP contribution in [0.5, 0.6) is 0 Å². The molecule has 10 nitrogen and oxygen atoms in total. The Balaban J connectivity index is 1.35. The molecule has 1 aromatic heterocycles. The Labute approximate surface area is 195 Å². The summed E-state index contributed by atoms with van der Waals surface area (Å²) < 4.78 is 45.1. The van der Waals surface area contributed by atoms with E-state index in [1.54, 1.807) is 24.0 Å². The van der Waals surface area contributed by atoms with Crippen molar-refractivity contribution in [3.05, 3.63) is 23.9 Å². The SMILES string of the molecule is C[C@H](COCCC(=O)N1CCN(c2ccc(C#N)cn2)CC1)NC1CNNC(=O)C1C(F)(F)F. The minimum Gasteiger partial charge on any atom is -0.379 e. The molecule has 0 aliphatic carbocycles. The Hall–Kier alpha value is -2.95. The van der Waals surface area contributed by atoms with E-state index in [1.165, 1.54) is 6.20 Å². The molecule has 2 aliphatic heterocycles. The quantitative estimate of drug-likeness (QED) is 0.448. The lowest BCUT2D eigenvalue weighted by atomic mass is 9.96. The fraction of sp³-hybridized carbons (Fsp3) is 0.619. The maximum Gasteiger partial charge on any atom is 0.402 e. The summed E-state index contributed by atoms with van der Waals surface area (Å²) in [6.07, 6.45) is -2.97. The minimum absolute atomic E-state index is 0.0571. The number of pyridine rings is 1. The third kappa shape index (κ3) is 6.78. The van der Waals surface area contributed by atoms with Gasteiger partial charge in [0.15, 0.2) is 5.92 Å². The molecule has 3 N–H and O–H groups in total. The molecular weight excluding hydrogens is 455 g/mol. The summed E-state index contributed by atoms with van der Waals surface area (Å²) in [5.74, 6) is -2.56. The number of hydrogen-bond acceptors (Lipinski definition) is 8. The van der Waals surface area contributed by atoms with Crippen molar-refractivity contribution in [3.63, 3.8) is 0 Å². The number of aromatic nitrogens is 1. The lowest BCUT2D eigenvalue weighted by molar-refractivity contribution is -0.193. The van der Waals surface area contributed by atoms with Crippen LogP contribution in [0.4, 0.5) is 19.0 Å². The Morgan fingerprint density at radius 2 is 2.09 bits per heavy atom. The molecule has 0 radical (unpaired) electrons. The smallest absolute Gasteiger partial charge is 0.379 e. The Bertz CT molecular complexity index is 883. The van der Waals surface area contributed by atoms with Gasteiger partial charge in [0, 0.05) is 51.0 Å². The van der Waals surface area contributed by atoms with Crippen LogP contribution in [-0.4, -0.2) is 85.9 Å². The van der Waals surface area contributed by atoms with Crippen LogP contribution in [0, 0.1) is 17.2 Å². The molecule has 34 heavy (non-hydrogen) atoms. The number of nitrogens with one attached hydrogen (secondary N) is 3. The largest absolute Gasteiger partial charge is 0.402 e. The molecule has 0 aromatic carbocycles. The van der Waals surface area contributed by atoms with E-state index in [1.807, 2.05) is 16.4 Å². The number of ether oxygens (including phenoxy) is 1. The van der Waals surface area contributed by atoms with Gasteiger partial charge in [-0.05, 0) is 19.1 Å². The third-order valence-corrected chi connectivity index (χ3v) is 5.73. The van der Waals surface area contributed by atoms with Gasteiger partial charge in [-0.2, -0.15) is 18.4 Å². The maximum absolute atomic E-state index is 13.2. The van der Waals surface area contributed by atoms with E-state index in [0.717, 1.165) is 5.82 Å². The lowest BCUT2D eigenvalue weighted by Crippen LogP contribution is -2.64. The van der Waals surface area contributed by atoms with E-state index in [0.29, 0.717) is 31.7 Å². The Kier molecular flexibility index (Phi) is 8.65. The van der Waals surface area contributed by atoms with Crippen LogP contribution >= 0.6 is 0 Å². The van der Waals surface area contributed by atoms with Gasteiger partial charge in [0.25, 0.3) is 0 Å². The second-order valence-corrected chi connectivity index (χ2v) is 8.27. The third-order valence-electron chi connectivity index (χ3n) is 5.73. The van der Waals surface area contributed by atoms with E-state index in [9.17, 15) is 22.8 Å². The molecule has 2 amide bonds. The first-order valence-corrected chi connectivity index (χ1v) is 11.0. The summed E-state index contributed by atoms with van der Waals surface area (Å²) in [5.41, 5.74) is 4.96. The Morgan fingerprint density at radius 1 is 1.35 bits per heavy atom. The normalized spacial score (nSPS) is 22.1. The number of alkyl halides is 3. The van der Waals surface area contributed by atoms with Crippen LogP contribution in [0.15, 0.2) is 18.3 Å². The molecule has 2 saturated heterocycles. The minimum atomic E-state index is -4.66. The highest BCUT2D eigenvalue weighted by Gasteiger charge is 2.51. The number of halogens is 3.